The summed E-state index contributed by atoms with van der Waals surface area (Å²) in [5, 5.41) is 11.0. The Kier molecular flexibility index (Phi) is 3.78. The first-order valence-corrected chi connectivity index (χ1v) is 5.54. The summed E-state index contributed by atoms with van der Waals surface area (Å²) in [6.07, 6.45) is 1.99. The molecular formula is C11H20N2O3. The van der Waals surface area contributed by atoms with Crippen LogP contribution in [0.15, 0.2) is 0 Å². The van der Waals surface area contributed by atoms with E-state index < -0.39 is 5.97 Å². The lowest BCUT2D eigenvalue weighted by Gasteiger charge is -2.46. The summed E-state index contributed by atoms with van der Waals surface area (Å²) in [6.45, 7) is 4.55. The maximum atomic E-state index is 11.6. The molecule has 1 aliphatic rings. The maximum Gasteiger partial charge on any atom is 0.317 e. The van der Waals surface area contributed by atoms with E-state index in [0.29, 0.717) is 11.5 Å². The molecule has 0 aromatic rings. The fourth-order valence-corrected chi connectivity index (χ4v) is 2.06. The number of carboxylic acid groups (broad SMARTS) is 1. The Labute approximate surface area is 95.8 Å². The van der Waals surface area contributed by atoms with E-state index in [2.05, 4.69) is 19.2 Å². The van der Waals surface area contributed by atoms with Gasteiger partial charge in [-0.15, -0.1) is 0 Å². The van der Waals surface area contributed by atoms with Crippen molar-refractivity contribution >= 4 is 12.0 Å². The largest absolute Gasteiger partial charge is 0.481 e. The monoisotopic (exact) mass is 228 g/mol. The molecule has 0 atom stereocenters. The minimum Gasteiger partial charge on any atom is -0.481 e. The number of aliphatic carboxylic acids is 1. The summed E-state index contributed by atoms with van der Waals surface area (Å²) in [5.41, 5.74) is 0.334. The highest BCUT2D eigenvalue weighted by Crippen LogP contribution is 2.42. The molecule has 2 amide bonds. The summed E-state index contributed by atoms with van der Waals surface area (Å²) in [4.78, 5) is 23.5. The van der Waals surface area contributed by atoms with Crippen molar-refractivity contribution in [3.05, 3.63) is 0 Å². The van der Waals surface area contributed by atoms with E-state index in [1.165, 1.54) is 0 Å². The molecule has 0 aromatic carbocycles. The van der Waals surface area contributed by atoms with Crippen LogP contribution in [0.4, 0.5) is 4.79 Å². The summed E-state index contributed by atoms with van der Waals surface area (Å²) < 4.78 is 0. The van der Waals surface area contributed by atoms with Crippen molar-refractivity contribution in [1.29, 1.82) is 0 Å². The SMILES string of the molecule is CN(C(=O)NCCC(=O)O)C1CC(C)(C)C1. The zero-order valence-electron chi connectivity index (χ0n) is 10.1. The van der Waals surface area contributed by atoms with Crippen LogP contribution in [0, 0.1) is 5.41 Å². The lowest BCUT2D eigenvalue weighted by Crippen LogP contribution is -2.52. The molecule has 0 heterocycles. The van der Waals surface area contributed by atoms with Crippen molar-refractivity contribution in [3.8, 4) is 0 Å². The first kappa shape index (κ1) is 12.8. The second-order valence-electron chi connectivity index (χ2n) is 5.21. The lowest BCUT2D eigenvalue weighted by molar-refractivity contribution is -0.136. The number of carboxylic acids is 1. The number of amides is 2. The van der Waals surface area contributed by atoms with Gasteiger partial charge in [0, 0.05) is 19.6 Å². The van der Waals surface area contributed by atoms with E-state index >= 15 is 0 Å². The number of carbonyl (C=O) groups is 2. The van der Waals surface area contributed by atoms with Gasteiger partial charge in [-0.1, -0.05) is 13.8 Å². The molecule has 1 aliphatic carbocycles. The number of hydrogen-bond acceptors (Lipinski definition) is 2. The number of rotatable bonds is 4. The van der Waals surface area contributed by atoms with Crippen molar-refractivity contribution < 1.29 is 14.7 Å². The third-order valence-corrected chi connectivity index (χ3v) is 3.06. The molecular weight excluding hydrogens is 208 g/mol. The predicted molar refractivity (Wildman–Crippen MR) is 60.2 cm³/mol. The number of nitrogens with one attached hydrogen (secondary N) is 1. The molecule has 0 radical (unpaired) electrons. The standard InChI is InChI=1S/C11H20N2O3/c1-11(2)6-8(7-11)13(3)10(16)12-5-4-9(14)15/h8H,4-7H2,1-3H3,(H,12,16)(H,14,15). The van der Waals surface area contributed by atoms with Gasteiger partial charge in [0.2, 0.25) is 0 Å². The van der Waals surface area contributed by atoms with Crippen LogP contribution in [0.2, 0.25) is 0 Å². The van der Waals surface area contributed by atoms with E-state index in [4.69, 9.17) is 5.11 Å². The van der Waals surface area contributed by atoms with Gasteiger partial charge in [0.05, 0.1) is 6.42 Å². The van der Waals surface area contributed by atoms with Gasteiger partial charge in [0.25, 0.3) is 0 Å². The van der Waals surface area contributed by atoms with Crippen LogP contribution in [-0.2, 0) is 4.79 Å². The smallest absolute Gasteiger partial charge is 0.317 e. The molecule has 0 spiro atoms. The van der Waals surface area contributed by atoms with Crippen LogP contribution in [-0.4, -0.2) is 41.6 Å². The van der Waals surface area contributed by atoms with Crippen molar-refractivity contribution in [1.82, 2.24) is 10.2 Å². The Hall–Kier alpha value is -1.26. The molecule has 0 saturated heterocycles. The molecule has 5 nitrogen and oxygen atoms in total. The maximum absolute atomic E-state index is 11.6. The Morgan fingerprint density at radius 3 is 2.44 bits per heavy atom. The lowest BCUT2D eigenvalue weighted by atomic mass is 9.68. The molecule has 0 bridgehead atoms. The van der Waals surface area contributed by atoms with Gasteiger partial charge in [0.15, 0.2) is 0 Å². The van der Waals surface area contributed by atoms with Crippen molar-refractivity contribution in [3.63, 3.8) is 0 Å². The van der Waals surface area contributed by atoms with Crippen LogP contribution < -0.4 is 5.32 Å². The number of hydrogen-bond donors (Lipinski definition) is 2. The van der Waals surface area contributed by atoms with Crippen molar-refractivity contribution in [2.45, 2.75) is 39.2 Å². The van der Waals surface area contributed by atoms with Crippen LogP contribution in [0.1, 0.15) is 33.1 Å². The normalized spacial score (nSPS) is 18.7. The van der Waals surface area contributed by atoms with E-state index in [1.807, 2.05) is 0 Å². The number of urea groups is 1. The molecule has 1 saturated carbocycles. The third kappa shape index (κ3) is 3.40. The fourth-order valence-electron chi connectivity index (χ4n) is 2.06. The fraction of sp³-hybridized carbons (Fsp3) is 0.818. The molecule has 2 N–H and O–H groups in total. The van der Waals surface area contributed by atoms with Crippen LogP contribution in [0.25, 0.3) is 0 Å². The summed E-state index contributed by atoms with van der Waals surface area (Å²) in [6, 6.07) is 0.113. The zero-order valence-corrected chi connectivity index (χ0v) is 10.1. The van der Waals surface area contributed by atoms with Crippen LogP contribution in [0.5, 0.6) is 0 Å². The van der Waals surface area contributed by atoms with Gasteiger partial charge < -0.3 is 15.3 Å². The first-order valence-electron chi connectivity index (χ1n) is 5.54. The van der Waals surface area contributed by atoms with E-state index in [1.54, 1.807) is 11.9 Å². The molecule has 92 valence electrons. The highest BCUT2D eigenvalue weighted by Gasteiger charge is 2.39. The minimum absolute atomic E-state index is 0.0320. The third-order valence-electron chi connectivity index (χ3n) is 3.06. The number of nitrogens with zero attached hydrogens (tertiary/aromatic N) is 1. The van der Waals surface area contributed by atoms with Crippen LogP contribution in [0.3, 0.4) is 0 Å². The quantitative estimate of drug-likeness (QED) is 0.761. The molecule has 0 aliphatic heterocycles. The second-order valence-corrected chi connectivity index (χ2v) is 5.21. The zero-order chi connectivity index (χ0) is 12.3. The van der Waals surface area contributed by atoms with Gasteiger partial charge in [-0.2, -0.15) is 0 Å². The number of carbonyl (C=O) groups excluding carboxylic acids is 1. The van der Waals surface area contributed by atoms with E-state index in [9.17, 15) is 9.59 Å². The minimum atomic E-state index is -0.896. The molecule has 5 heteroatoms. The first-order chi connectivity index (χ1) is 7.32. The van der Waals surface area contributed by atoms with E-state index in [0.717, 1.165) is 12.8 Å². The summed E-state index contributed by atoms with van der Waals surface area (Å²) in [5.74, 6) is -0.896. The van der Waals surface area contributed by atoms with E-state index in [-0.39, 0.29) is 19.0 Å². The Balaban J connectivity index is 2.24. The predicted octanol–water partition coefficient (Wildman–Crippen LogP) is 1.29. The van der Waals surface area contributed by atoms with Crippen LogP contribution >= 0.6 is 0 Å². The molecule has 1 fully saturated rings. The second kappa shape index (κ2) is 4.72. The van der Waals surface area contributed by atoms with Gasteiger partial charge in [-0.3, -0.25) is 4.79 Å². The van der Waals surface area contributed by atoms with Gasteiger partial charge in [0.1, 0.15) is 0 Å². The Bertz CT molecular complexity index is 281. The highest BCUT2D eigenvalue weighted by molar-refractivity contribution is 5.75. The molecule has 0 unspecified atom stereocenters. The van der Waals surface area contributed by atoms with Crippen molar-refractivity contribution in [2.75, 3.05) is 13.6 Å². The topological polar surface area (TPSA) is 69.6 Å². The average molecular weight is 228 g/mol. The Morgan fingerprint density at radius 1 is 1.44 bits per heavy atom. The van der Waals surface area contributed by atoms with Crippen molar-refractivity contribution in [2.24, 2.45) is 5.41 Å². The molecule has 1 rings (SSSR count). The van der Waals surface area contributed by atoms with Gasteiger partial charge in [-0.05, 0) is 18.3 Å². The molecule has 16 heavy (non-hydrogen) atoms. The van der Waals surface area contributed by atoms with Gasteiger partial charge in [-0.25, -0.2) is 4.79 Å². The summed E-state index contributed by atoms with van der Waals surface area (Å²) >= 11 is 0. The molecule has 0 aromatic heterocycles. The summed E-state index contributed by atoms with van der Waals surface area (Å²) in [7, 11) is 1.76. The highest BCUT2D eigenvalue weighted by atomic mass is 16.4. The van der Waals surface area contributed by atoms with Gasteiger partial charge >= 0.3 is 12.0 Å². The average Bonchev–Trinajstić information content (AvgIpc) is 2.12. The Morgan fingerprint density at radius 2 is 2.00 bits per heavy atom.